The number of aromatic nitrogens is 1. The van der Waals surface area contributed by atoms with E-state index in [2.05, 4.69) is 5.16 Å². The lowest BCUT2D eigenvalue weighted by Gasteiger charge is -2.11. The summed E-state index contributed by atoms with van der Waals surface area (Å²) in [7, 11) is -3.81. The lowest BCUT2D eigenvalue weighted by molar-refractivity contribution is -0.139. The molecule has 3 N–H and O–H groups in total. The third kappa shape index (κ3) is 3.97. The number of hydrogen-bond donors (Lipinski definition) is 2. The van der Waals surface area contributed by atoms with E-state index in [1.54, 1.807) is 12.1 Å². The zero-order valence-electron chi connectivity index (χ0n) is 15.2. The maximum Gasteiger partial charge on any atom is 0.312 e. The Morgan fingerprint density at radius 3 is 2.29 bits per heavy atom. The van der Waals surface area contributed by atoms with Crippen LogP contribution in [0, 0.1) is 0 Å². The molecule has 8 heteroatoms. The zero-order chi connectivity index (χ0) is 20.3. The largest absolute Gasteiger partial charge is 0.481 e. The number of nitrogens with zero attached hydrogens (tertiary/aromatic N) is 1. The second-order valence-corrected chi connectivity index (χ2v) is 7.95. The van der Waals surface area contributed by atoms with Gasteiger partial charge in [-0.25, -0.2) is 13.6 Å². The van der Waals surface area contributed by atoms with Crippen LogP contribution in [0.15, 0.2) is 64.0 Å². The summed E-state index contributed by atoms with van der Waals surface area (Å²) in [5.74, 6) is -1.39. The molecule has 3 rings (SSSR count). The minimum absolute atomic E-state index is 0.0216. The average Bonchev–Trinajstić information content (AvgIpc) is 3.10. The minimum atomic E-state index is -3.81. The third-order valence-electron chi connectivity index (χ3n) is 4.43. The van der Waals surface area contributed by atoms with Crippen LogP contribution in [-0.2, 0) is 14.8 Å². The maximum absolute atomic E-state index is 11.8. The standard InChI is InChI=1S/C20H20N2O5S/c1-2-6-16(20(23)24)18-17(13-7-4-3-5-8-13)19(27-22-18)14-9-11-15(12-10-14)28(21,25)26/h3-5,7-12,16H,2,6H2,1H3,(H,23,24)(H2,21,25,26). The van der Waals surface area contributed by atoms with Crippen molar-refractivity contribution in [3.05, 3.63) is 60.3 Å². The molecule has 1 aromatic heterocycles. The highest BCUT2D eigenvalue weighted by Crippen LogP contribution is 2.39. The number of nitrogens with two attached hydrogens (primary N) is 1. The number of aliphatic carboxylic acids is 1. The number of rotatable bonds is 7. The molecule has 0 aliphatic carbocycles. The Labute approximate surface area is 162 Å². The van der Waals surface area contributed by atoms with E-state index in [1.807, 2.05) is 37.3 Å². The molecule has 1 heterocycles. The van der Waals surface area contributed by atoms with Gasteiger partial charge in [-0.2, -0.15) is 0 Å². The molecule has 0 spiro atoms. The van der Waals surface area contributed by atoms with Crippen molar-refractivity contribution in [3.63, 3.8) is 0 Å². The fourth-order valence-electron chi connectivity index (χ4n) is 3.08. The van der Waals surface area contributed by atoms with Crippen LogP contribution in [0.25, 0.3) is 22.5 Å². The van der Waals surface area contributed by atoms with Crippen LogP contribution < -0.4 is 5.14 Å². The summed E-state index contributed by atoms with van der Waals surface area (Å²) in [6, 6.07) is 15.1. The van der Waals surface area contributed by atoms with Crippen LogP contribution >= 0.6 is 0 Å². The number of carboxylic acid groups (broad SMARTS) is 1. The van der Waals surface area contributed by atoms with Gasteiger partial charge in [0.15, 0.2) is 5.76 Å². The Morgan fingerprint density at radius 1 is 1.11 bits per heavy atom. The molecule has 0 radical (unpaired) electrons. The van der Waals surface area contributed by atoms with Crippen LogP contribution in [0.1, 0.15) is 31.4 Å². The maximum atomic E-state index is 11.8. The Kier molecular flexibility index (Phi) is 5.62. The van der Waals surface area contributed by atoms with E-state index >= 15 is 0 Å². The van der Waals surface area contributed by atoms with Crippen LogP contribution in [0.2, 0.25) is 0 Å². The molecule has 1 atom stereocenters. The first-order chi connectivity index (χ1) is 13.3. The minimum Gasteiger partial charge on any atom is -0.481 e. The Hall–Kier alpha value is -2.97. The van der Waals surface area contributed by atoms with Crippen molar-refractivity contribution < 1.29 is 22.8 Å². The molecule has 2 aromatic carbocycles. The van der Waals surface area contributed by atoms with E-state index in [1.165, 1.54) is 12.1 Å². The predicted octanol–water partition coefficient (Wildman–Crippen LogP) is 3.62. The molecular weight excluding hydrogens is 380 g/mol. The third-order valence-corrected chi connectivity index (χ3v) is 5.36. The molecule has 7 nitrogen and oxygen atoms in total. The average molecular weight is 400 g/mol. The molecular formula is C20H20N2O5S. The summed E-state index contributed by atoms with van der Waals surface area (Å²) in [6.45, 7) is 1.91. The first-order valence-electron chi connectivity index (χ1n) is 8.74. The van der Waals surface area contributed by atoms with Gasteiger partial charge in [-0.3, -0.25) is 4.79 Å². The second-order valence-electron chi connectivity index (χ2n) is 6.39. The van der Waals surface area contributed by atoms with Gasteiger partial charge in [-0.05, 0) is 36.2 Å². The molecule has 0 aliphatic heterocycles. The number of carboxylic acids is 1. The highest BCUT2D eigenvalue weighted by atomic mass is 32.2. The van der Waals surface area contributed by atoms with Gasteiger partial charge in [0.25, 0.3) is 0 Å². The molecule has 1 unspecified atom stereocenters. The van der Waals surface area contributed by atoms with Crippen LogP contribution in [0.4, 0.5) is 0 Å². The van der Waals surface area contributed by atoms with Crippen LogP contribution in [-0.4, -0.2) is 24.7 Å². The zero-order valence-corrected chi connectivity index (χ0v) is 16.0. The van der Waals surface area contributed by atoms with Gasteiger partial charge in [-0.15, -0.1) is 0 Å². The summed E-state index contributed by atoms with van der Waals surface area (Å²) in [5.41, 5.74) is 2.29. The molecule has 0 amide bonds. The number of hydrogen-bond acceptors (Lipinski definition) is 5. The number of primary sulfonamides is 1. The fourth-order valence-corrected chi connectivity index (χ4v) is 3.60. The van der Waals surface area contributed by atoms with Gasteiger partial charge in [-0.1, -0.05) is 48.8 Å². The normalized spacial score (nSPS) is 12.6. The van der Waals surface area contributed by atoms with Crippen molar-refractivity contribution in [2.45, 2.75) is 30.6 Å². The topological polar surface area (TPSA) is 123 Å². The van der Waals surface area contributed by atoms with Gasteiger partial charge in [0.05, 0.1) is 10.5 Å². The highest BCUT2D eigenvalue weighted by Gasteiger charge is 2.29. The predicted molar refractivity (Wildman–Crippen MR) is 104 cm³/mol. The van der Waals surface area contributed by atoms with Crippen LogP contribution in [0.3, 0.4) is 0 Å². The Bertz CT molecular complexity index is 1070. The Balaban J connectivity index is 2.18. The van der Waals surface area contributed by atoms with E-state index in [0.717, 1.165) is 5.56 Å². The smallest absolute Gasteiger partial charge is 0.312 e. The van der Waals surface area contributed by atoms with Crippen molar-refractivity contribution in [2.24, 2.45) is 5.14 Å². The SMILES string of the molecule is CCCC(C(=O)O)c1noc(-c2ccc(S(N)(=O)=O)cc2)c1-c1ccccc1. The number of benzene rings is 2. The van der Waals surface area contributed by atoms with E-state index in [-0.39, 0.29) is 4.90 Å². The molecule has 0 aliphatic rings. The van der Waals surface area contributed by atoms with Crippen molar-refractivity contribution in [1.82, 2.24) is 5.16 Å². The van der Waals surface area contributed by atoms with Gasteiger partial charge < -0.3 is 9.63 Å². The van der Waals surface area contributed by atoms with Gasteiger partial charge in [0, 0.05) is 5.56 Å². The monoisotopic (exact) mass is 400 g/mol. The summed E-state index contributed by atoms with van der Waals surface area (Å²) < 4.78 is 28.5. The van der Waals surface area contributed by atoms with E-state index in [9.17, 15) is 18.3 Å². The number of sulfonamides is 1. The van der Waals surface area contributed by atoms with Gasteiger partial charge in [0.2, 0.25) is 10.0 Å². The fraction of sp³-hybridized carbons (Fsp3) is 0.200. The lowest BCUT2D eigenvalue weighted by Crippen LogP contribution is -2.12. The van der Waals surface area contributed by atoms with Crippen molar-refractivity contribution in [3.8, 4) is 22.5 Å². The lowest BCUT2D eigenvalue weighted by atomic mass is 9.91. The Morgan fingerprint density at radius 2 is 1.75 bits per heavy atom. The summed E-state index contributed by atoms with van der Waals surface area (Å²) in [4.78, 5) is 11.8. The molecule has 28 heavy (non-hydrogen) atoms. The second kappa shape index (κ2) is 7.95. The summed E-state index contributed by atoms with van der Waals surface area (Å²) in [6.07, 6.45) is 1.10. The highest BCUT2D eigenvalue weighted by molar-refractivity contribution is 7.89. The summed E-state index contributed by atoms with van der Waals surface area (Å²) >= 11 is 0. The first-order valence-corrected chi connectivity index (χ1v) is 10.3. The molecule has 0 saturated carbocycles. The van der Waals surface area contributed by atoms with Crippen LogP contribution in [0.5, 0.6) is 0 Å². The molecule has 0 fully saturated rings. The molecule has 3 aromatic rings. The molecule has 0 saturated heterocycles. The quantitative estimate of drug-likeness (QED) is 0.624. The van der Waals surface area contributed by atoms with E-state index in [4.69, 9.17) is 9.66 Å². The number of carbonyl (C=O) groups is 1. The first kappa shape index (κ1) is 19.8. The van der Waals surface area contributed by atoms with E-state index in [0.29, 0.717) is 35.4 Å². The van der Waals surface area contributed by atoms with Gasteiger partial charge in [0.1, 0.15) is 11.6 Å². The van der Waals surface area contributed by atoms with Crippen molar-refractivity contribution >= 4 is 16.0 Å². The van der Waals surface area contributed by atoms with Crippen molar-refractivity contribution in [1.29, 1.82) is 0 Å². The van der Waals surface area contributed by atoms with Crippen molar-refractivity contribution in [2.75, 3.05) is 0 Å². The van der Waals surface area contributed by atoms with E-state index < -0.39 is 21.9 Å². The molecule has 0 bridgehead atoms. The summed E-state index contributed by atoms with van der Waals surface area (Å²) in [5, 5.41) is 18.9. The molecule has 146 valence electrons. The van der Waals surface area contributed by atoms with Gasteiger partial charge >= 0.3 is 5.97 Å².